The molecule has 0 unspecified atom stereocenters. The van der Waals surface area contributed by atoms with Crippen LogP contribution in [-0.4, -0.2) is 0 Å². The van der Waals surface area contributed by atoms with Gasteiger partial charge in [0.1, 0.15) is 0 Å². The van der Waals surface area contributed by atoms with E-state index in [1.165, 1.54) is 103 Å². The Balaban J connectivity index is 1.67. The largest absolute Gasteiger partial charge is 0.149 e. The summed E-state index contributed by atoms with van der Waals surface area (Å²) in [7, 11) is 0. The maximum absolute atomic E-state index is 3.90. The molecule has 0 saturated heterocycles. The van der Waals surface area contributed by atoms with E-state index in [0.717, 1.165) is 6.42 Å². The van der Waals surface area contributed by atoms with E-state index in [4.69, 9.17) is 0 Å². The van der Waals surface area contributed by atoms with Crippen LogP contribution in [0.4, 0.5) is 0 Å². The lowest BCUT2D eigenvalue weighted by Crippen LogP contribution is -1.84. The molecule has 0 atom stereocenters. The van der Waals surface area contributed by atoms with Gasteiger partial charge in [-0.15, -0.1) is 11.3 Å². The minimum Gasteiger partial charge on any atom is -0.149 e. The minimum absolute atomic E-state index is 1.12. The third-order valence-corrected chi connectivity index (χ3v) is 5.69. The summed E-state index contributed by atoms with van der Waals surface area (Å²) in [6.45, 7) is 3.90. The number of hydrogen-bond acceptors (Lipinski definition) is 1. The molecule has 0 N–H and O–H groups in total. The van der Waals surface area contributed by atoms with Crippen LogP contribution in [0.15, 0.2) is 17.5 Å². The van der Waals surface area contributed by atoms with Crippen molar-refractivity contribution in [2.45, 2.75) is 109 Å². The van der Waals surface area contributed by atoms with E-state index < -0.39 is 0 Å². The Hall–Kier alpha value is -0.300. The van der Waals surface area contributed by atoms with Crippen LogP contribution in [-0.2, 0) is 6.42 Å². The van der Waals surface area contributed by atoms with Gasteiger partial charge in [-0.3, -0.25) is 0 Å². The maximum Gasteiger partial charge on any atom is 0.00452 e. The van der Waals surface area contributed by atoms with Crippen molar-refractivity contribution in [3.63, 3.8) is 0 Å². The van der Waals surface area contributed by atoms with Crippen molar-refractivity contribution in [1.82, 2.24) is 0 Å². The molecule has 1 rings (SSSR count). The van der Waals surface area contributed by atoms with E-state index in [2.05, 4.69) is 24.4 Å². The molecule has 0 bridgehead atoms. The normalized spacial score (nSPS) is 11.2. The van der Waals surface area contributed by atoms with Gasteiger partial charge in [-0.25, -0.2) is 0 Å². The number of hydrogen-bond donors (Lipinski definition) is 0. The van der Waals surface area contributed by atoms with Crippen LogP contribution in [0.3, 0.4) is 0 Å². The van der Waals surface area contributed by atoms with Crippen LogP contribution in [0, 0.1) is 6.92 Å². The first-order valence-corrected chi connectivity index (χ1v) is 11.1. The van der Waals surface area contributed by atoms with Crippen LogP contribution < -0.4 is 0 Å². The summed E-state index contributed by atoms with van der Waals surface area (Å²) in [4.78, 5) is 1.56. The summed E-state index contributed by atoms with van der Waals surface area (Å²) in [6.07, 6.45) is 24.0. The zero-order valence-corrected chi connectivity index (χ0v) is 16.2. The molecule has 0 amide bonds. The molecule has 0 fully saturated rings. The van der Waals surface area contributed by atoms with Gasteiger partial charge in [-0.05, 0) is 24.3 Å². The third-order valence-electron chi connectivity index (χ3n) is 4.75. The summed E-state index contributed by atoms with van der Waals surface area (Å²) in [5.74, 6) is 0. The minimum atomic E-state index is 1.12. The Labute approximate surface area is 150 Å². The topological polar surface area (TPSA) is 0 Å². The fourth-order valence-corrected chi connectivity index (χ4v) is 3.98. The molecule has 0 aliphatic heterocycles. The predicted molar refractivity (Wildman–Crippen MR) is 107 cm³/mol. The van der Waals surface area contributed by atoms with Crippen molar-refractivity contribution in [1.29, 1.82) is 0 Å². The molecular formula is C22H39S. The van der Waals surface area contributed by atoms with Crippen molar-refractivity contribution in [2.24, 2.45) is 0 Å². The first-order valence-electron chi connectivity index (χ1n) is 10.2. The fourth-order valence-electron chi connectivity index (χ4n) is 3.23. The fraction of sp³-hybridized carbons (Fsp3) is 0.773. The van der Waals surface area contributed by atoms with Crippen molar-refractivity contribution in [2.75, 3.05) is 0 Å². The highest BCUT2D eigenvalue weighted by Gasteiger charge is 1.96. The molecule has 1 heterocycles. The lowest BCUT2D eigenvalue weighted by Gasteiger charge is -2.03. The van der Waals surface area contributed by atoms with Crippen LogP contribution in [0.25, 0.3) is 0 Å². The third kappa shape index (κ3) is 13.8. The van der Waals surface area contributed by atoms with E-state index in [0.29, 0.717) is 0 Å². The first kappa shape index (κ1) is 20.7. The Kier molecular flexibility index (Phi) is 14.9. The van der Waals surface area contributed by atoms with Gasteiger partial charge in [0.25, 0.3) is 0 Å². The van der Waals surface area contributed by atoms with Gasteiger partial charge < -0.3 is 0 Å². The van der Waals surface area contributed by atoms with E-state index in [9.17, 15) is 0 Å². The van der Waals surface area contributed by atoms with Crippen LogP contribution in [0.2, 0.25) is 0 Å². The molecule has 0 aliphatic carbocycles. The van der Waals surface area contributed by atoms with Gasteiger partial charge in [-0.1, -0.05) is 109 Å². The lowest BCUT2D eigenvalue weighted by molar-refractivity contribution is 0.531. The Morgan fingerprint density at radius 1 is 0.609 bits per heavy atom. The van der Waals surface area contributed by atoms with Crippen molar-refractivity contribution in [3.05, 3.63) is 29.3 Å². The molecule has 0 nitrogen and oxygen atoms in total. The maximum atomic E-state index is 3.90. The van der Waals surface area contributed by atoms with Crippen LogP contribution in [0.1, 0.15) is 108 Å². The standard InChI is InChI=1S/C22H39S/c1-2-3-4-5-6-7-8-9-10-11-12-13-14-15-16-17-19-22-20-18-21-23-22/h18,20-21H,1-17,19H2. The highest BCUT2D eigenvalue weighted by molar-refractivity contribution is 7.09. The molecule has 133 valence electrons. The molecule has 0 saturated carbocycles. The van der Waals surface area contributed by atoms with Gasteiger partial charge >= 0.3 is 0 Å². The molecule has 0 spiro atoms. The number of unbranched alkanes of at least 4 members (excludes halogenated alkanes) is 15. The van der Waals surface area contributed by atoms with E-state index in [-0.39, 0.29) is 0 Å². The summed E-state index contributed by atoms with van der Waals surface area (Å²) in [5, 5.41) is 2.19. The summed E-state index contributed by atoms with van der Waals surface area (Å²) >= 11 is 1.91. The van der Waals surface area contributed by atoms with Gasteiger partial charge in [0.15, 0.2) is 0 Å². The highest BCUT2D eigenvalue weighted by atomic mass is 32.1. The van der Waals surface area contributed by atoms with E-state index in [1.54, 1.807) is 4.88 Å². The Morgan fingerprint density at radius 3 is 1.43 bits per heavy atom. The average Bonchev–Trinajstić information content (AvgIpc) is 3.08. The smallest absolute Gasteiger partial charge is 0.00452 e. The quantitative estimate of drug-likeness (QED) is 0.251. The average molecular weight is 336 g/mol. The second kappa shape index (κ2) is 16.6. The highest BCUT2D eigenvalue weighted by Crippen LogP contribution is 2.15. The second-order valence-electron chi connectivity index (χ2n) is 6.99. The summed E-state index contributed by atoms with van der Waals surface area (Å²) in [6, 6.07) is 4.44. The molecule has 1 radical (unpaired) electrons. The summed E-state index contributed by atoms with van der Waals surface area (Å²) in [5.41, 5.74) is 0. The second-order valence-corrected chi connectivity index (χ2v) is 8.02. The molecule has 0 aliphatic rings. The molecule has 1 heteroatoms. The molecular weight excluding hydrogens is 296 g/mol. The van der Waals surface area contributed by atoms with Gasteiger partial charge in [-0.2, -0.15) is 0 Å². The Morgan fingerprint density at radius 2 is 1.04 bits per heavy atom. The van der Waals surface area contributed by atoms with Gasteiger partial charge in [0, 0.05) is 4.88 Å². The number of aryl methyl sites for hydroxylation is 1. The van der Waals surface area contributed by atoms with Gasteiger partial charge in [0.05, 0.1) is 0 Å². The molecule has 1 aromatic rings. The number of thiophene rings is 1. The lowest BCUT2D eigenvalue weighted by atomic mass is 10.0. The zero-order valence-electron chi connectivity index (χ0n) is 15.4. The molecule has 1 aromatic heterocycles. The zero-order chi connectivity index (χ0) is 16.4. The molecule has 0 aromatic carbocycles. The monoisotopic (exact) mass is 335 g/mol. The Bertz CT molecular complexity index is 315. The SMILES string of the molecule is [CH2]CCCCCCCCCCCCCCCCCc1cccs1. The van der Waals surface area contributed by atoms with Crippen molar-refractivity contribution in [3.8, 4) is 0 Å². The predicted octanol–water partition coefficient (Wildman–Crippen LogP) is 8.37. The molecule has 23 heavy (non-hydrogen) atoms. The van der Waals surface area contributed by atoms with Crippen LogP contribution >= 0.6 is 11.3 Å². The van der Waals surface area contributed by atoms with E-state index in [1.807, 2.05) is 11.3 Å². The first-order chi connectivity index (χ1) is 11.4. The summed E-state index contributed by atoms with van der Waals surface area (Å²) < 4.78 is 0. The van der Waals surface area contributed by atoms with Crippen molar-refractivity contribution >= 4 is 11.3 Å². The number of rotatable bonds is 17. The van der Waals surface area contributed by atoms with Crippen LogP contribution in [0.5, 0.6) is 0 Å². The van der Waals surface area contributed by atoms with Gasteiger partial charge in [0.2, 0.25) is 0 Å². The van der Waals surface area contributed by atoms with Crippen molar-refractivity contribution < 1.29 is 0 Å². The van der Waals surface area contributed by atoms with E-state index >= 15 is 0 Å².